The van der Waals surface area contributed by atoms with Crippen molar-refractivity contribution in [1.29, 1.82) is 0 Å². The number of nitrogens with zero attached hydrogens (tertiary/aromatic N) is 1. The highest BCUT2D eigenvalue weighted by Crippen LogP contribution is 2.29. The minimum atomic E-state index is -0.407. The second kappa shape index (κ2) is 5.40. The summed E-state index contributed by atoms with van der Waals surface area (Å²) in [7, 11) is 0. The Hall–Kier alpha value is -1.55. The standard InChI is InChI=1S/C14H20N2O2/c1-10(15)14(18)16-8-6-12(7-9-16)11-2-4-13(17)5-3-11/h2-5,10,12,17H,6-9,15H2,1H3. The lowest BCUT2D eigenvalue weighted by Gasteiger charge is -2.33. The Bertz CT molecular complexity index is 406. The van der Waals surface area contributed by atoms with Gasteiger partial charge in [-0.05, 0) is 43.4 Å². The van der Waals surface area contributed by atoms with Gasteiger partial charge in [-0.25, -0.2) is 0 Å². The lowest BCUT2D eigenvalue weighted by atomic mass is 9.89. The van der Waals surface area contributed by atoms with Gasteiger partial charge in [0, 0.05) is 13.1 Å². The van der Waals surface area contributed by atoms with Crippen LogP contribution in [0.1, 0.15) is 31.2 Å². The summed E-state index contributed by atoms with van der Waals surface area (Å²) in [6.45, 7) is 3.27. The number of amides is 1. The SMILES string of the molecule is CC(N)C(=O)N1CCC(c2ccc(O)cc2)CC1. The van der Waals surface area contributed by atoms with Crippen LogP contribution in [0.3, 0.4) is 0 Å². The Morgan fingerprint density at radius 1 is 1.33 bits per heavy atom. The number of rotatable bonds is 2. The van der Waals surface area contributed by atoms with Gasteiger partial charge >= 0.3 is 0 Å². The first-order valence-corrected chi connectivity index (χ1v) is 6.41. The number of carbonyl (C=O) groups excluding carboxylic acids is 1. The molecule has 0 aliphatic carbocycles. The third-order valence-electron chi connectivity index (χ3n) is 3.56. The molecule has 1 atom stereocenters. The predicted molar refractivity (Wildman–Crippen MR) is 70.3 cm³/mol. The van der Waals surface area contributed by atoms with E-state index in [1.807, 2.05) is 17.0 Å². The highest BCUT2D eigenvalue weighted by Gasteiger charge is 2.25. The summed E-state index contributed by atoms with van der Waals surface area (Å²) < 4.78 is 0. The Morgan fingerprint density at radius 2 is 1.89 bits per heavy atom. The maximum atomic E-state index is 11.8. The van der Waals surface area contributed by atoms with E-state index in [0.29, 0.717) is 11.7 Å². The molecule has 0 bridgehead atoms. The molecule has 1 aliphatic heterocycles. The minimum Gasteiger partial charge on any atom is -0.508 e. The third kappa shape index (κ3) is 2.82. The Labute approximate surface area is 107 Å². The zero-order chi connectivity index (χ0) is 13.1. The van der Waals surface area contributed by atoms with Crippen LogP contribution < -0.4 is 5.73 Å². The monoisotopic (exact) mass is 248 g/mol. The number of piperidine rings is 1. The second-order valence-electron chi connectivity index (χ2n) is 4.98. The van der Waals surface area contributed by atoms with Crippen LogP contribution in [0.25, 0.3) is 0 Å². The van der Waals surface area contributed by atoms with E-state index in [1.165, 1.54) is 5.56 Å². The van der Waals surface area contributed by atoms with Gasteiger partial charge in [0.05, 0.1) is 6.04 Å². The summed E-state index contributed by atoms with van der Waals surface area (Å²) in [6, 6.07) is 6.95. The molecular weight excluding hydrogens is 228 g/mol. The van der Waals surface area contributed by atoms with Gasteiger partial charge in [-0.15, -0.1) is 0 Å². The molecule has 0 radical (unpaired) electrons. The molecule has 1 saturated heterocycles. The Balaban J connectivity index is 1.94. The van der Waals surface area contributed by atoms with Crippen LogP contribution in [0, 0.1) is 0 Å². The molecule has 1 aromatic rings. The number of aromatic hydroxyl groups is 1. The second-order valence-corrected chi connectivity index (χ2v) is 4.98. The number of likely N-dealkylation sites (tertiary alicyclic amines) is 1. The van der Waals surface area contributed by atoms with Gasteiger partial charge in [-0.2, -0.15) is 0 Å². The zero-order valence-corrected chi connectivity index (χ0v) is 10.7. The molecule has 98 valence electrons. The topological polar surface area (TPSA) is 66.6 Å². The fraction of sp³-hybridized carbons (Fsp3) is 0.500. The molecule has 2 rings (SSSR count). The summed E-state index contributed by atoms with van der Waals surface area (Å²) >= 11 is 0. The van der Waals surface area contributed by atoms with Gasteiger partial charge in [0.1, 0.15) is 5.75 Å². The number of phenolic OH excluding ortho intramolecular Hbond substituents is 1. The van der Waals surface area contributed by atoms with Crippen molar-refractivity contribution in [3.05, 3.63) is 29.8 Å². The molecule has 1 aliphatic rings. The smallest absolute Gasteiger partial charge is 0.239 e. The lowest BCUT2D eigenvalue weighted by Crippen LogP contribution is -2.45. The maximum absolute atomic E-state index is 11.8. The van der Waals surface area contributed by atoms with Crippen LogP contribution in [0.15, 0.2) is 24.3 Å². The van der Waals surface area contributed by atoms with Crippen molar-refractivity contribution in [2.45, 2.75) is 31.7 Å². The van der Waals surface area contributed by atoms with E-state index in [9.17, 15) is 9.90 Å². The quantitative estimate of drug-likeness (QED) is 0.832. The minimum absolute atomic E-state index is 0.0409. The third-order valence-corrected chi connectivity index (χ3v) is 3.56. The van der Waals surface area contributed by atoms with Crippen molar-refractivity contribution < 1.29 is 9.90 Å². The first-order chi connectivity index (χ1) is 8.58. The van der Waals surface area contributed by atoms with E-state index < -0.39 is 6.04 Å². The van der Waals surface area contributed by atoms with Gasteiger partial charge in [-0.3, -0.25) is 4.79 Å². The number of carbonyl (C=O) groups is 1. The molecule has 4 heteroatoms. The first-order valence-electron chi connectivity index (χ1n) is 6.41. The molecule has 4 nitrogen and oxygen atoms in total. The normalized spacial score (nSPS) is 18.7. The number of benzene rings is 1. The molecule has 18 heavy (non-hydrogen) atoms. The van der Waals surface area contributed by atoms with E-state index in [1.54, 1.807) is 19.1 Å². The fourth-order valence-corrected chi connectivity index (χ4v) is 2.47. The summed E-state index contributed by atoms with van der Waals surface area (Å²) in [6.07, 6.45) is 1.92. The number of nitrogens with two attached hydrogens (primary N) is 1. The van der Waals surface area contributed by atoms with Crippen LogP contribution in [-0.2, 0) is 4.79 Å². The molecule has 0 saturated carbocycles. The molecule has 1 unspecified atom stereocenters. The lowest BCUT2D eigenvalue weighted by molar-refractivity contribution is -0.133. The highest BCUT2D eigenvalue weighted by molar-refractivity contribution is 5.81. The van der Waals surface area contributed by atoms with E-state index in [4.69, 9.17) is 5.73 Å². The summed E-state index contributed by atoms with van der Waals surface area (Å²) in [5.74, 6) is 0.810. The van der Waals surface area contributed by atoms with E-state index in [2.05, 4.69) is 0 Å². The van der Waals surface area contributed by atoms with E-state index in [-0.39, 0.29) is 5.91 Å². The first kappa shape index (κ1) is 12.9. The van der Waals surface area contributed by atoms with Crippen LogP contribution in [0.5, 0.6) is 5.75 Å². The largest absolute Gasteiger partial charge is 0.508 e. The molecule has 1 aromatic carbocycles. The van der Waals surface area contributed by atoms with Crippen molar-refractivity contribution in [2.75, 3.05) is 13.1 Å². The molecule has 1 amide bonds. The average molecular weight is 248 g/mol. The average Bonchev–Trinajstić information content (AvgIpc) is 2.39. The summed E-state index contributed by atoms with van der Waals surface area (Å²) in [5, 5.41) is 9.26. The molecule has 1 fully saturated rings. The van der Waals surface area contributed by atoms with Crippen molar-refractivity contribution in [1.82, 2.24) is 4.90 Å². The molecule has 0 spiro atoms. The van der Waals surface area contributed by atoms with Crippen LogP contribution in [0.4, 0.5) is 0 Å². The van der Waals surface area contributed by atoms with Gasteiger partial charge < -0.3 is 15.7 Å². The van der Waals surface area contributed by atoms with Gasteiger partial charge in [0.2, 0.25) is 5.91 Å². The summed E-state index contributed by atoms with van der Waals surface area (Å²) in [5.41, 5.74) is 6.85. The fourth-order valence-electron chi connectivity index (χ4n) is 2.47. The maximum Gasteiger partial charge on any atom is 0.239 e. The molecule has 1 heterocycles. The summed E-state index contributed by atoms with van der Waals surface area (Å²) in [4.78, 5) is 13.6. The van der Waals surface area contributed by atoms with Crippen molar-refractivity contribution in [2.24, 2.45) is 5.73 Å². The van der Waals surface area contributed by atoms with Crippen molar-refractivity contribution in [3.8, 4) is 5.75 Å². The molecule has 0 aromatic heterocycles. The number of hydrogen-bond donors (Lipinski definition) is 2. The van der Waals surface area contributed by atoms with Gasteiger partial charge in [0.25, 0.3) is 0 Å². The molecular formula is C14H20N2O2. The number of hydrogen-bond acceptors (Lipinski definition) is 3. The van der Waals surface area contributed by atoms with Crippen LogP contribution >= 0.6 is 0 Å². The van der Waals surface area contributed by atoms with Crippen LogP contribution in [0.2, 0.25) is 0 Å². The van der Waals surface area contributed by atoms with E-state index >= 15 is 0 Å². The molecule has 3 N–H and O–H groups in total. The van der Waals surface area contributed by atoms with E-state index in [0.717, 1.165) is 25.9 Å². The zero-order valence-electron chi connectivity index (χ0n) is 10.7. The Kier molecular flexibility index (Phi) is 3.87. The van der Waals surface area contributed by atoms with Crippen LogP contribution in [-0.4, -0.2) is 35.0 Å². The number of phenols is 1. The highest BCUT2D eigenvalue weighted by atomic mass is 16.3. The van der Waals surface area contributed by atoms with Crippen molar-refractivity contribution >= 4 is 5.91 Å². The van der Waals surface area contributed by atoms with Crippen molar-refractivity contribution in [3.63, 3.8) is 0 Å². The van der Waals surface area contributed by atoms with Gasteiger partial charge in [-0.1, -0.05) is 12.1 Å². The Morgan fingerprint density at radius 3 is 2.39 bits per heavy atom. The van der Waals surface area contributed by atoms with Gasteiger partial charge in [0.15, 0.2) is 0 Å². The predicted octanol–water partition coefficient (Wildman–Crippen LogP) is 1.45.